The minimum Gasteiger partial charge on any atom is -0.507 e. The maximum Gasteiger partial charge on any atom is 0.129 e. The molecule has 0 aliphatic heterocycles. The van der Waals surface area contributed by atoms with E-state index >= 15 is 0 Å². The molecule has 0 atom stereocenters. The van der Waals surface area contributed by atoms with Crippen molar-refractivity contribution >= 4 is 11.8 Å². The molecule has 2 aromatic rings. The Hall–Kier alpha value is -1.55. The highest BCUT2D eigenvalue weighted by Gasteiger charge is 2.00. The monoisotopic (exact) mass is 232 g/mol. The van der Waals surface area contributed by atoms with Crippen molar-refractivity contribution < 1.29 is 5.11 Å². The van der Waals surface area contributed by atoms with Crippen molar-refractivity contribution in [3.8, 4) is 5.75 Å². The molecule has 0 aliphatic rings. The highest BCUT2D eigenvalue weighted by Crippen LogP contribution is 2.27. The van der Waals surface area contributed by atoms with Gasteiger partial charge in [0.15, 0.2) is 0 Å². The third-order valence-corrected chi connectivity index (χ3v) is 3.19. The van der Waals surface area contributed by atoms with E-state index in [1.54, 1.807) is 30.4 Å². The maximum absolute atomic E-state index is 9.56. The largest absolute Gasteiger partial charge is 0.507 e. The lowest BCUT2D eigenvalue weighted by molar-refractivity contribution is 0.462. The van der Waals surface area contributed by atoms with Crippen LogP contribution in [0, 0.1) is 0 Å². The molecule has 0 unspecified atom stereocenters. The molecule has 0 bridgehead atoms. The third kappa shape index (κ3) is 2.97. The summed E-state index contributed by atoms with van der Waals surface area (Å²) < 4.78 is 0. The number of benzene rings is 1. The first-order chi connectivity index (χ1) is 7.86. The van der Waals surface area contributed by atoms with E-state index in [0.717, 1.165) is 22.8 Å². The van der Waals surface area contributed by atoms with Crippen LogP contribution in [0.3, 0.4) is 0 Å². The minimum atomic E-state index is 0.343. The van der Waals surface area contributed by atoms with Gasteiger partial charge in [-0.25, -0.2) is 9.97 Å². The molecule has 0 amide bonds. The van der Waals surface area contributed by atoms with E-state index in [2.05, 4.69) is 9.97 Å². The standard InChI is InChI=1S/C12H12N2OS/c15-11-3-1-2-4-12(11)16-8-6-10-5-7-13-9-14-10/h1-5,7,9,15H,6,8H2. The molecule has 0 saturated heterocycles. The Labute approximate surface area is 98.6 Å². The second kappa shape index (κ2) is 5.51. The van der Waals surface area contributed by atoms with Gasteiger partial charge in [-0.3, -0.25) is 0 Å². The van der Waals surface area contributed by atoms with Gasteiger partial charge in [-0.2, -0.15) is 0 Å². The number of aromatic hydroxyl groups is 1. The molecule has 0 aliphatic carbocycles. The fraction of sp³-hybridized carbons (Fsp3) is 0.167. The predicted octanol–water partition coefficient (Wildman–Crippen LogP) is 2.52. The van der Waals surface area contributed by atoms with Gasteiger partial charge in [-0.15, -0.1) is 11.8 Å². The molecule has 0 spiro atoms. The smallest absolute Gasteiger partial charge is 0.129 e. The Bertz CT molecular complexity index is 448. The molecule has 1 aromatic carbocycles. The minimum absolute atomic E-state index is 0.343. The van der Waals surface area contributed by atoms with Crippen LogP contribution in [-0.2, 0) is 6.42 Å². The van der Waals surface area contributed by atoms with Gasteiger partial charge in [0, 0.05) is 22.5 Å². The van der Waals surface area contributed by atoms with E-state index < -0.39 is 0 Å². The summed E-state index contributed by atoms with van der Waals surface area (Å²) in [5, 5.41) is 9.56. The summed E-state index contributed by atoms with van der Waals surface area (Å²) in [6.07, 6.45) is 4.18. The van der Waals surface area contributed by atoms with E-state index in [1.165, 1.54) is 0 Å². The summed E-state index contributed by atoms with van der Waals surface area (Å²) >= 11 is 1.63. The molecule has 82 valence electrons. The van der Waals surface area contributed by atoms with E-state index in [9.17, 15) is 5.11 Å². The van der Waals surface area contributed by atoms with Gasteiger partial charge in [0.1, 0.15) is 12.1 Å². The van der Waals surface area contributed by atoms with Crippen molar-refractivity contribution in [2.24, 2.45) is 0 Å². The molecule has 1 heterocycles. The van der Waals surface area contributed by atoms with Crippen LogP contribution >= 0.6 is 11.8 Å². The SMILES string of the molecule is Oc1ccccc1SCCc1ccncn1. The van der Waals surface area contributed by atoms with Gasteiger partial charge >= 0.3 is 0 Å². The van der Waals surface area contributed by atoms with Gasteiger partial charge in [0.05, 0.1) is 0 Å². The molecule has 0 saturated carbocycles. The molecule has 0 radical (unpaired) electrons. The lowest BCUT2D eigenvalue weighted by Crippen LogP contribution is -1.92. The molecule has 1 aromatic heterocycles. The summed E-state index contributed by atoms with van der Waals surface area (Å²) in [7, 11) is 0. The summed E-state index contributed by atoms with van der Waals surface area (Å²) in [4.78, 5) is 8.93. The maximum atomic E-state index is 9.56. The van der Waals surface area contributed by atoms with Crippen molar-refractivity contribution in [3.05, 3.63) is 48.5 Å². The quantitative estimate of drug-likeness (QED) is 0.823. The van der Waals surface area contributed by atoms with Gasteiger partial charge in [0.2, 0.25) is 0 Å². The lowest BCUT2D eigenvalue weighted by atomic mass is 10.3. The van der Waals surface area contributed by atoms with Crippen molar-refractivity contribution in [1.82, 2.24) is 9.97 Å². The van der Waals surface area contributed by atoms with Crippen LogP contribution in [0.15, 0.2) is 47.8 Å². The first-order valence-electron chi connectivity index (χ1n) is 5.02. The average molecular weight is 232 g/mol. The molecular weight excluding hydrogens is 220 g/mol. The Balaban J connectivity index is 1.87. The number of hydrogen-bond acceptors (Lipinski definition) is 4. The van der Waals surface area contributed by atoms with Crippen molar-refractivity contribution in [2.45, 2.75) is 11.3 Å². The van der Waals surface area contributed by atoms with Crippen LogP contribution in [-0.4, -0.2) is 20.8 Å². The molecule has 3 nitrogen and oxygen atoms in total. The second-order valence-corrected chi connectivity index (χ2v) is 4.40. The van der Waals surface area contributed by atoms with Gasteiger partial charge in [0.25, 0.3) is 0 Å². The van der Waals surface area contributed by atoms with Gasteiger partial charge in [-0.1, -0.05) is 12.1 Å². The van der Waals surface area contributed by atoms with Crippen LogP contribution in [0.25, 0.3) is 0 Å². The fourth-order valence-electron chi connectivity index (χ4n) is 1.31. The second-order valence-electron chi connectivity index (χ2n) is 3.27. The predicted molar refractivity (Wildman–Crippen MR) is 64.6 cm³/mol. The van der Waals surface area contributed by atoms with Crippen LogP contribution in [0.4, 0.5) is 0 Å². The Morgan fingerprint density at radius 1 is 1.19 bits per heavy atom. The average Bonchev–Trinajstić information content (AvgIpc) is 2.33. The number of phenols is 1. The Morgan fingerprint density at radius 3 is 2.81 bits per heavy atom. The van der Waals surface area contributed by atoms with Crippen molar-refractivity contribution in [2.75, 3.05) is 5.75 Å². The van der Waals surface area contributed by atoms with Crippen LogP contribution in [0.5, 0.6) is 5.75 Å². The topological polar surface area (TPSA) is 46.0 Å². The highest BCUT2D eigenvalue weighted by molar-refractivity contribution is 7.99. The first kappa shape index (κ1) is 11.0. The zero-order valence-electron chi connectivity index (χ0n) is 8.71. The molecule has 1 N–H and O–H groups in total. The summed E-state index contributed by atoms with van der Waals surface area (Å²) in [5.41, 5.74) is 1.03. The van der Waals surface area contributed by atoms with Crippen molar-refractivity contribution in [1.29, 1.82) is 0 Å². The number of hydrogen-bond donors (Lipinski definition) is 1. The van der Waals surface area contributed by atoms with E-state index in [4.69, 9.17) is 0 Å². The highest BCUT2D eigenvalue weighted by atomic mass is 32.2. The molecule has 2 rings (SSSR count). The normalized spacial score (nSPS) is 10.2. The number of nitrogens with zero attached hydrogens (tertiary/aromatic N) is 2. The zero-order valence-corrected chi connectivity index (χ0v) is 9.52. The Kier molecular flexibility index (Phi) is 3.77. The molecular formula is C12H12N2OS. The van der Waals surface area contributed by atoms with Crippen LogP contribution in [0.1, 0.15) is 5.69 Å². The van der Waals surface area contributed by atoms with Gasteiger partial charge < -0.3 is 5.11 Å². The summed E-state index contributed by atoms with van der Waals surface area (Å²) in [6, 6.07) is 9.27. The first-order valence-corrected chi connectivity index (χ1v) is 6.00. The third-order valence-electron chi connectivity index (χ3n) is 2.12. The summed E-state index contributed by atoms with van der Waals surface area (Å²) in [5.74, 6) is 1.24. The number of aromatic nitrogens is 2. The fourth-order valence-corrected chi connectivity index (χ4v) is 2.23. The van der Waals surface area contributed by atoms with E-state index in [1.807, 2.05) is 24.3 Å². The summed E-state index contributed by atoms with van der Waals surface area (Å²) in [6.45, 7) is 0. The molecule has 16 heavy (non-hydrogen) atoms. The zero-order chi connectivity index (χ0) is 11.2. The number of thioether (sulfide) groups is 1. The van der Waals surface area contributed by atoms with Crippen molar-refractivity contribution in [3.63, 3.8) is 0 Å². The van der Waals surface area contributed by atoms with E-state index in [0.29, 0.717) is 5.75 Å². The van der Waals surface area contributed by atoms with Crippen LogP contribution in [0.2, 0.25) is 0 Å². The van der Waals surface area contributed by atoms with Gasteiger partial charge in [-0.05, 0) is 24.6 Å². The van der Waals surface area contributed by atoms with E-state index in [-0.39, 0.29) is 0 Å². The number of phenolic OH excluding ortho intramolecular Hbond substituents is 1. The Morgan fingerprint density at radius 2 is 2.06 bits per heavy atom. The number of rotatable bonds is 4. The molecule has 4 heteroatoms. The number of para-hydroxylation sites is 1. The molecule has 0 fully saturated rings. The van der Waals surface area contributed by atoms with Crippen LogP contribution < -0.4 is 0 Å². The number of aryl methyl sites for hydroxylation is 1. The lowest BCUT2D eigenvalue weighted by Gasteiger charge is -2.03.